The first-order chi connectivity index (χ1) is 10.5. The van der Waals surface area contributed by atoms with Crippen LogP contribution in [0.4, 0.5) is 0 Å². The maximum atomic E-state index is 11.8. The molecular formula is C15H19ClN2O3S. The number of hydrogen-bond acceptors (Lipinski definition) is 4. The van der Waals surface area contributed by atoms with Crippen LogP contribution in [-0.4, -0.2) is 41.4 Å². The Morgan fingerprint density at radius 1 is 1.45 bits per heavy atom. The van der Waals surface area contributed by atoms with Crippen LogP contribution >= 0.6 is 21.8 Å². The number of carbonyl (C=O) groups is 2. The van der Waals surface area contributed by atoms with E-state index in [1.54, 1.807) is 18.2 Å². The van der Waals surface area contributed by atoms with Crippen LogP contribution in [0.25, 0.3) is 6.08 Å². The van der Waals surface area contributed by atoms with E-state index in [0.717, 1.165) is 24.9 Å². The average molecular weight is 343 g/mol. The van der Waals surface area contributed by atoms with E-state index in [4.69, 9.17) is 15.8 Å². The van der Waals surface area contributed by atoms with Gasteiger partial charge in [0, 0.05) is 23.3 Å². The van der Waals surface area contributed by atoms with Gasteiger partial charge in [0.25, 0.3) is 5.91 Å². The number of amides is 1. The van der Waals surface area contributed by atoms with Crippen LogP contribution < -0.4 is 5.32 Å². The van der Waals surface area contributed by atoms with Gasteiger partial charge in [0.15, 0.2) is 0 Å². The Balaban J connectivity index is 2.49. The van der Waals surface area contributed by atoms with Gasteiger partial charge in [-0.25, -0.2) is 4.31 Å². The molecule has 1 aromatic rings. The van der Waals surface area contributed by atoms with Gasteiger partial charge in [-0.05, 0) is 48.3 Å². The second-order valence-electron chi connectivity index (χ2n) is 4.67. The second kappa shape index (κ2) is 10.3. The van der Waals surface area contributed by atoms with Crippen LogP contribution in [0.15, 0.2) is 30.3 Å². The molecule has 0 bridgehead atoms. The van der Waals surface area contributed by atoms with E-state index < -0.39 is 11.9 Å². The lowest BCUT2D eigenvalue weighted by molar-refractivity contribution is -0.135. The number of carboxylic acid groups (broad SMARTS) is 1. The van der Waals surface area contributed by atoms with Crippen molar-refractivity contribution in [2.45, 2.75) is 12.8 Å². The number of rotatable bonds is 9. The maximum absolute atomic E-state index is 11.8. The minimum absolute atomic E-state index is 0.384. The number of aliphatic carboxylic acids is 1. The SMILES string of the molecule is CN(CCC/C=C\c1cccc(C(=O)NCC(=O)O)c1)SCl. The van der Waals surface area contributed by atoms with E-state index in [0.29, 0.717) is 5.56 Å². The van der Waals surface area contributed by atoms with Crippen LogP contribution in [0, 0.1) is 0 Å². The number of carboxylic acids is 1. The van der Waals surface area contributed by atoms with Gasteiger partial charge < -0.3 is 10.4 Å². The number of hydrogen-bond donors (Lipinski definition) is 2. The lowest BCUT2D eigenvalue weighted by Crippen LogP contribution is -2.29. The Bertz CT molecular complexity index is 537. The highest BCUT2D eigenvalue weighted by Gasteiger charge is 2.06. The zero-order valence-electron chi connectivity index (χ0n) is 12.3. The molecule has 0 aliphatic carbocycles. The van der Waals surface area contributed by atoms with E-state index >= 15 is 0 Å². The van der Waals surface area contributed by atoms with Crippen molar-refractivity contribution in [2.75, 3.05) is 20.1 Å². The summed E-state index contributed by atoms with van der Waals surface area (Å²) in [6.45, 7) is 0.515. The average Bonchev–Trinajstić information content (AvgIpc) is 2.52. The number of halogens is 1. The fourth-order valence-corrected chi connectivity index (χ4v) is 2.13. The fraction of sp³-hybridized carbons (Fsp3) is 0.333. The Morgan fingerprint density at radius 2 is 2.23 bits per heavy atom. The Labute approximate surface area is 139 Å². The summed E-state index contributed by atoms with van der Waals surface area (Å²) in [4.78, 5) is 22.2. The van der Waals surface area contributed by atoms with Crippen molar-refractivity contribution >= 4 is 39.8 Å². The van der Waals surface area contributed by atoms with Gasteiger partial charge in [0.1, 0.15) is 6.54 Å². The lowest BCUT2D eigenvalue weighted by atomic mass is 10.1. The molecular weight excluding hydrogens is 324 g/mol. The number of allylic oxidation sites excluding steroid dienone is 1. The largest absolute Gasteiger partial charge is 0.480 e. The number of carbonyl (C=O) groups excluding carboxylic acids is 1. The van der Waals surface area contributed by atoms with Gasteiger partial charge in [0.2, 0.25) is 0 Å². The molecule has 120 valence electrons. The highest BCUT2D eigenvalue weighted by Crippen LogP contribution is 2.13. The molecule has 0 aromatic heterocycles. The molecule has 2 N–H and O–H groups in total. The first-order valence-corrected chi connectivity index (χ1v) is 8.39. The number of benzene rings is 1. The zero-order valence-corrected chi connectivity index (χ0v) is 13.9. The molecule has 22 heavy (non-hydrogen) atoms. The van der Waals surface area contributed by atoms with Crippen molar-refractivity contribution in [3.8, 4) is 0 Å². The third kappa shape index (κ3) is 7.49. The standard InChI is InChI=1S/C15H19ClN2O3S/c1-18(22-16)9-4-2-3-6-12-7-5-8-13(10-12)15(21)17-11-14(19)20/h3,5-8,10H,2,4,9,11H2,1H3,(H,17,21)(H,19,20)/b6-3-. The minimum atomic E-state index is -1.07. The Morgan fingerprint density at radius 3 is 2.91 bits per heavy atom. The van der Waals surface area contributed by atoms with E-state index in [2.05, 4.69) is 5.32 Å². The Hall–Kier alpha value is -1.50. The molecule has 0 saturated carbocycles. The van der Waals surface area contributed by atoms with E-state index in [1.807, 2.05) is 29.6 Å². The molecule has 0 aliphatic heterocycles. The smallest absolute Gasteiger partial charge is 0.322 e. The molecule has 0 heterocycles. The minimum Gasteiger partial charge on any atom is -0.480 e. The van der Waals surface area contributed by atoms with Gasteiger partial charge in [-0.15, -0.1) is 0 Å². The van der Waals surface area contributed by atoms with Gasteiger partial charge in [-0.3, -0.25) is 9.59 Å². The van der Waals surface area contributed by atoms with Crippen LogP contribution in [0.3, 0.4) is 0 Å². The molecule has 0 fully saturated rings. The van der Waals surface area contributed by atoms with E-state index in [1.165, 1.54) is 11.2 Å². The first kappa shape index (κ1) is 18.5. The summed E-state index contributed by atoms with van der Waals surface area (Å²) in [5.74, 6) is -1.46. The summed E-state index contributed by atoms with van der Waals surface area (Å²) in [6, 6.07) is 7.05. The molecule has 1 aromatic carbocycles. The molecule has 1 amide bonds. The summed E-state index contributed by atoms with van der Waals surface area (Å²) in [5, 5.41) is 10.9. The quantitative estimate of drug-likeness (QED) is 0.533. The molecule has 0 saturated heterocycles. The summed E-state index contributed by atoms with van der Waals surface area (Å²) in [6.07, 6.45) is 5.89. The van der Waals surface area contributed by atoms with Crippen LogP contribution in [0.2, 0.25) is 0 Å². The number of unbranched alkanes of at least 4 members (excludes halogenated alkanes) is 1. The van der Waals surface area contributed by atoms with Crippen LogP contribution in [0.1, 0.15) is 28.8 Å². The van der Waals surface area contributed by atoms with E-state index in [-0.39, 0.29) is 6.54 Å². The predicted octanol–water partition coefficient (Wildman–Crippen LogP) is 3.03. The molecule has 0 aliphatic rings. The normalized spacial score (nSPS) is 11.0. The lowest BCUT2D eigenvalue weighted by Gasteiger charge is -2.08. The van der Waals surface area contributed by atoms with Crippen molar-refractivity contribution in [2.24, 2.45) is 0 Å². The maximum Gasteiger partial charge on any atom is 0.322 e. The van der Waals surface area contributed by atoms with Crippen molar-refractivity contribution in [3.05, 3.63) is 41.5 Å². The van der Waals surface area contributed by atoms with Gasteiger partial charge in [-0.1, -0.05) is 24.3 Å². The van der Waals surface area contributed by atoms with Gasteiger partial charge in [0.05, 0.1) is 0 Å². The molecule has 7 heteroatoms. The third-order valence-electron chi connectivity index (χ3n) is 2.82. The second-order valence-corrected chi connectivity index (χ2v) is 5.84. The summed E-state index contributed by atoms with van der Waals surface area (Å²) < 4.78 is 1.95. The summed E-state index contributed by atoms with van der Waals surface area (Å²) >= 11 is 1.19. The summed E-state index contributed by atoms with van der Waals surface area (Å²) in [7, 11) is 7.53. The molecule has 0 atom stereocenters. The van der Waals surface area contributed by atoms with Crippen molar-refractivity contribution in [1.29, 1.82) is 0 Å². The number of nitrogens with one attached hydrogen (secondary N) is 1. The van der Waals surface area contributed by atoms with E-state index in [9.17, 15) is 9.59 Å². The van der Waals surface area contributed by atoms with Crippen LogP contribution in [-0.2, 0) is 4.79 Å². The summed E-state index contributed by atoms with van der Waals surface area (Å²) in [5.41, 5.74) is 1.35. The molecule has 5 nitrogen and oxygen atoms in total. The molecule has 0 radical (unpaired) electrons. The number of nitrogens with zero attached hydrogens (tertiary/aromatic N) is 1. The zero-order chi connectivity index (χ0) is 16.4. The van der Waals surface area contributed by atoms with Crippen molar-refractivity contribution < 1.29 is 14.7 Å². The highest BCUT2D eigenvalue weighted by atomic mass is 35.7. The molecule has 1 rings (SSSR count). The van der Waals surface area contributed by atoms with Crippen LogP contribution in [0.5, 0.6) is 0 Å². The third-order valence-corrected chi connectivity index (χ3v) is 3.95. The van der Waals surface area contributed by atoms with Gasteiger partial charge >= 0.3 is 5.97 Å². The van der Waals surface area contributed by atoms with Crippen molar-refractivity contribution in [3.63, 3.8) is 0 Å². The molecule has 0 unspecified atom stereocenters. The van der Waals surface area contributed by atoms with Crippen molar-refractivity contribution in [1.82, 2.24) is 9.62 Å². The monoisotopic (exact) mass is 342 g/mol. The topological polar surface area (TPSA) is 69.6 Å². The first-order valence-electron chi connectivity index (χ1n) is 6.79. The predicted molar refractivity (Wildman–Crippen MR) is 90.8 cm³/mol. The fourth-order valence-electron chi connectivity index (χ4n) is 1.73. The highest BCUT2D eigenvalue weighted by molar-refractivity contribution is 8.19. The Kier molecular flexibility index (Phi) is 8.65. The molecule has 0 spiro atoms. The van der Waals surface area contributed by atoms with Gasteiger partial charge in [-0.2, -0.15) is 0 Å².